The maximum atomic E-state index is 2.53. The van der Waals surface area contributed by atoms with E-state index >= 15 is 0 Å². The van der Waals surface area contributed by atoms with E-state index in [1.807, 2.05) is 69.2 Å². The van der Waals surface area contributed by atoms with Gasteiger partial charge in [-0.2, -0.15) is 4.40 Å². The summed E-state index contributed by atoms with van der Waals surface area (Å²) in [5.74, 6) is 1.30. The molecule has 2 aliphatic rings. The summed E-state index contributed by atoms with van der Waals surface area (Å²) in [6.45, 7) is 36.3. The average molecular weight is 758 g/mol. The Hall–Kier alpha value is -4.64. The number of pyridine rings is 1. The highest BCUT2D eigenvalue weighted by atomic mass is 15.3. The Balaban J connectivity index is 0.000000248. The zero-order chi connectivity index (χ0) is 42.4. The van der Waals surface area contributed by atoms with E-state index in [0.717, 1.165) is 0 Å². The number of aryl methyl sites for hydroxylation is 4. The van der Waals surface area contributed by atoms with E-state index in [4.69, 9.17) is 0 Å². The molecule has 0 saturated heterocycles. The first kappa shape index (κ1) is 45.7. The summed E-state index contributed by atoms with van der Waals surface area (Å²) in [6.07, 6.45) is 2.65. The van der Waals surface area contributed by atoms with Crippen LogP contribution in [0.2, 0.25) is 0 Å². The van der Waals surface area contributed by atoms with Gasteiger partial charge in [-0.15, -0.1) is 0 Å². The van der Waals surface area contributed by atoms with Crippen molar-refractivity contribution in [2.45, 2.75) is 135 Å². The quantitative estimate of drug-likeness (QED) is 0.111. The van der Waals surface area contributed by atoms with Crippen molar-refractivity contribution in [2.24, 2.45) is 14.1 Å². The summed E-state index contributed by atoms with van der Waals surface area (Å²) in [7, 11) is 6.54. The highest BCUT2D eigenvalue weighted by Crippen LogP contribution is 2.51. The average Bonchev–Trinajstić information content (AvgIpc) is 3.75. The van der Waals surface area contributed by atoms with Crippen LogP contribution in [0.3, 0.4) is 0 Å². The highest BCUT2D eigenvalue weighted by Gasteiger charge is 2.50. The van der Waals surface area contributed by atoms with Crippen LogP contribution in [0.1, 0.15) is 132 Å². The molecular weight excluding hydrogens is 683 g/mol. The van der Waals surface area contributed by atoms with Crippen LogP contribution in [0.4, 0.5) is 5.69 Å². The van der Waals surface area contributed by atoms with Crippen molar-refractivity contribution in [3.8, 4) is 11.4 Å². The van der Waals surface area contributed by atoms with Gasteiger partial charge in [0, 0.05) is 34.2 Å². The SMILES string of the molecule is CC.CC.CC.CC.CC.Cc1cccc2c1-c1n(c3ccccc3[n+]1C)C(C)N2C.Cc1cccc2c3cccc4c3n3c(c[n+](C)c3c12)C(C)(C)C4(C)C. The van der Waals surface area contributed by atoms with Crippen molar-refractivity contribution in [3.05, 3.63) is 107 Å². The molecule has 5 nitrogen and oxygen atoms in total. The van der Waals surface area contributed by atoms with Crippen molar-refractivity contribution in [1.29, 1.82) is 0 Å². The molecule has 302 valence electrons. The zero-order valence-corrected chi connectivity index (χ0v) is 38.9. The first-order valence-corrected chi connectivity index (χ1v) is 21.6. The van der Waals surface area contributed by atoms with Crippen LogP contribution >= 0.6 is 0 Å². The van der Waals surface area contributed by atoms with Crippen LogP contribution in [0.15, 0.2) is 85.1 Å². The van der Waals surface area contributed by atoms with Gasteiger partial charge in [0.2, 0.25) is 0 Å². The molecule has 0 N–H and O–H groups in total. The third-order valence-corrected chi connectivity index (χ3v) is 11.9. The molecular formula is C51H75N5+2. The summed E-state index contributed by atoms with van der Waals surface area (Å²) in [5.41, 5.74) is 13.6. The number of fused-ring (bicyclic) bond motifs is 8. The van der Waals surface area contributed by atoms with Gasteiger partial charge in [-0.05, 0) is 50.1 Å². The number of rotatable bonds is 0. The minimum atomic E-state index is 0.0504. The fourth-order valence-electron chi connectivity index (χ4n) is 8.50. The molecule has 0 radical (unpaired) electrons. The first-order chi connectivity index (χ1) is 26.9. The minimum absolute atomic E-state index is 0.0504. The lowest BCUT2D eigenvalue weighted by atomic mass is 9.61. The summed E-state index contributed by atoms with van der Waals surface area (Å²) < 4.78 is 9.63. The molecule has 0 spiro atoms. The molecule has 1 unspecified atom stereocenters. The lowest BCUT2D eigenvalue weighted by Gasteiger charge is -2.42. The van der Waals surface area contributed by atoms with Gasteiger partial charge in [0.05, 0.1) is 30.7 Å². The fraction of sp³-hybridized carbons (Fsp3) is 0.451. The van der Waals surface area contributed by atoms with Crippen LogP contribution in [-0.4, -0.2) is 16.0 Å². The predicted molar refractivity (Wildman–Crippen MR) is 248 cm³/mol. The Morgan fingerprint density at radius 3 is 1.82 bits per heavy atom. The van der Waals surface area contributed by atoms with Crippen molar-refractivity contribution in [1.82, 2.24) is 8.97 Å². The van der Waals surface area contributed by atoms with Crippen LogP contribution in [-0.2, 0) is 24.9 Å². The molecule has 5 heterocycles. The van der Waals surface area contributed by atoms with E-state index in [2.05, 4.69) is 178 Å². The van der Waals surface area contributed by atoms with Gasteiger partial charge in [0.1, 0.15) is 11.7 Å². The Morgan fingerprint density at radius 1 is 0.625 bits per heavy atom. The number of hydrogen-bond acceptors (Lipinski definition) is 1. The molecule has 0 amide bonds. The van der Waals surface area contributed by atoms with E-state index in [-0.39, 0.29) is 10.8 Å². The maximum absolute atomic E-state index is 2.53. The number of aromatic nitrogens is 4. The van der Waals surface area contributed by atoms with Crippen molar-refractivity contribution < 1.29 is 9.13 Å². The Kier molecular flexibility index (Phi) is 15.1. The maximum Gasteiger partial charge on any atom is 0.295 e. The smallest absolute Gasteiger partial charge is 0.295 e. The molecule has 56 heavy (non-hydrogen) atoms. The molecule has 3 aromatic heterocycles. The molecule has 4 aromatic carbocycles. The fourth-order valence-corrected chi connectivity index (χ4v) is 8.50. The Labute approximate surface area is 340 Å². The van der Waals surface area contributed by atoms with Crippen LogP contribution in [0, 0.1) is 13.8 Å². The lowest BCUT2D eigenvalue weighted by Crippen LogP contribution is -2.44. The number of para-hydroxylation sites is 3. The lowest BCUT2D eigenvalue weighted by molar-refractivity contribution is -0.643. The summed E-state index contributed by atoms with van der Waals surface area (Å²) in [6, 6.07) is 28.8. The largest absolute Gasteiger partial charge is 0.335 e. The van der Waals surface area contributed by atoms with Gasteiger partial charge < -0.3 is 4.90 Å². The molecule has 2 aliphatic heterocycles. The van der Waals surface area contributed by atoms with Gasteiger partial charge in [-0.1, -0.05) is 158 Å². The monoisotopic (exact) mass is 758 g/mol. The summed E-state index contributed by atoms with van der Waals surface area (Å²) in [5, 5.41) is 4.10. The van der Waals surface area contributed by atoms with E-state index in [0.29, 0.717) is 6.17 Å². The van der Waals surface area contributed by atoms with Crippen LogP contribution < -0.4 is 14.0 Å². The molecule has 7 aromatic rings. The number of anilines is 1. The van der Waals surface area contributed by atoms with E-state index in [1.54, 1.807) is 0 Å². The van der Waals surface area contributed by atoms with Gasteiger partial charge in [0.25, 0.3) is 11.5 Å². The van der Waals surface area contributed by atoms with Gasteiger partial charge in [-0.25, -0.2) is 13.7 Å². The molecule has 5 heteroatoms. The second-order valence-electron chi connectivity index (χ2n) is 14.7. The van der Waals surface area contributed by atoms with Crippen LogP contribution in [0.25, 0.3) is 49.7 Å². The molecule has 0 fully saturated rings. The Morgan fingerprint density at radius 2 is 1.18 bits per heavy atom. The zero-order valence-electron chi connectivity index (χ0n) is 38.9. The minimum Gasteiger partial charge on any atom is -0.335 e. The highest BCUT2D eigenvalue weighted by molar-refractivity contribution is 6.13. The standard InChI is InChI=1S/C23H25N2.C18H20N3.5C2H6/c1-14-9-7-10-15-16-11-8-12-17-20(16)25-18(23(4,5)22(17,2)3)13-24(6)21(25)19(14)15;1-12-8-7-11-16-17(12)18-20(4)14-9-5-6-10-15(14)21(18)13(2)19(16)3;5*1-2/h7-13H,1-6H3;5-11,13H,1-4H3;5*1-2H3/q2*+1;;;;;. The topological polar surface area (TPSA) is 20.3 Å². The number of hydrogen-bond donors (Lipinski definition) is 0. The second-order valence-corrected chi connectivity index (χ2v) is 14.7. The summed E-state index contributed by atoms with van der Waals surface area (Å²) in [4.78, 5) is 2.36. The van der Waals surface area contributed by atoms with Crippen LogP contribution in [0.5, 0.6) is 0 Å². The van der Waals surface area contributed by atoms with E-state index in [1.165, 1.54) is 77.8 Å². The normalized spacial score (nSPS) is 14.9. The van der Waals surface area contributed by atoms with Crippen molar-refractivity contribution >= 4 is 44.0 Å². The predicted octanol–water partition coefficient (Wildman–Crippen LogP) is 13.5. The second kappa shape index (κ2) is 18.5. The van der Waals surface area contributed by atoms with E-state index in [9.17, 15) is 0 Å². The van der Waals surface area contributed by atoms with Gasteiger partial charge in [-0.3, -0.25) is 0 Å². The third-order valence-electron chi connectivity index (χ3n) is 11.9. The Bertz CT molecular complexity index is 2400. The molecule has 0 saturated carbocycles. The number of nitrogens with zero attached hydrogens (tertiary/aromatic N) is 5. The van der Waals surface area contributed by atoms with Crippen molar-refractivity contribution in [3.63, 3.8) is 0 Å². The van der Waals surface area contributed by atoms with E-state index < -0.39 is 0 Å². The van der Waals surface area contributed by atoms with Gasteiger partial charge >= 0.3 is 0 Å². The molecule has 1 atom stereocenters. The first-order valence-electron chi connectivity index (χ1n) is 21.6. The third kappa shape index (κ3) is 6.90. The molecule has 9 rings (SSSR count). The van der Waals surface area contributed by atoms with Crippen molar-refractivity contribution in [2.75, 3.05) is 11.9 Å². The molecule has 0 aliphatic carbocycles. The summed E-state index contributed by atoms with van der Waals surface area (Å²) >= 11 is 0. The molecule has 0 bridgehead atoms. The number of benzene rings is 4. The number of imidazole rings is 2. The van der Waals surface area contributed by atoms with Gasteiger partial charge in [0.15, 0.2) is 22.9 Å².